The number of rotatable bonds is 3. The number of nitrogens with zero attached hydrogens (tertiary/aromatic N) is 3. The van der Waals surface area contributed by atoms with Crippen LogP contribution in [0.4, 0.5) is 0 Å². The molecule has 0 saturated carbocycles. The molecule has 4 nitrogen and oxygen atoms in total. The maximum Gasteiger partial charge on any atom is 0.200 e. The SMILES string of the molecule is CCC(C#N)C(=O)c1nn(C)c2ccccc12. The molecule has 0 fully saturated rings. The van der Waals surface area contributed by atoms with Crippen LogP contribution in [-0.4, -0.2) is 15.6 Å². The first-order chi connectivity index (χ1) is 8.19. The zero-order chi connectivity index (χ0) is 12.4. The van der Waals surface area contributed by atoms with Gasteiger partial charge in [0.15, 0.2) is 0 Å². The number of hydrogen-bond acceptors (Lipinski definition) is 3. The number of benzene rings is 1. The fourth-order valence-electron chi connectivity index (χ4n) is 1.90. The van der Waals surface area contributed by atoms with Crippen molar-refractivity contribution in [1.82, 2.24) is 9.78 Å². The van der Waals surface area contributed by atoms with E-state index in [1.165, 1.54) is 0 Å². The number of hydrogen-bond donors (Lipinski definition) is 0. The van der Waals surface area contributed by atoms with Gasteiger partial charge in [-0.2, -0.15) is 10.4 Å². The standard InChI is InChI=1S/C13H13N3O/c1-3-9(8-14)13(17)12-10-6-4-5-7-11(10)16(2)15-12/h4-7,9H,3H2,1-2H3. The quantitative estimate of drug-likeness (QED) is 0.756. The third-order valence-corrected chi connectivity index (χ3v) is 2.87. The number of Topliss-reactive ketones (excluding diaryl/α,β-unsaturated/α-hetero) is 1. The summed E-state index contributed by atoms with van der Waals surface area (Å²) in [6, 6.07) is 9.57. The normalized spacial score (nSPS) is 12.3. The van der Waals surface area contributed by atoms with Crippen LogP contribution in [0.15, 0.2) is 24.3 Å². The molecule has 1 heterocycles. The number of para-hydroxylation sites is 1. The number of aryl methyl sites for hydroxylation is 1. The summed E-state index contributed by atoms with van der Waals surface area (Å²) in [5.41, 5.74) is 1.31. The molecule has 1 unspecified atom stereocenters. The van der Waals surface area contributed by atoms with Gasteiger partial charge in [0.25, 0.3) is 0 Å². The Morgan fingerprint density at radius 2 is 2.24 bits per heavy atom. The second-order valence-corrected chi connectivity index (χ2v) is 3.94. The zero-order valence-electron chi connectivity index (χ0n) is 9.84. The molecule has 0 N–H and O–H groups in total. The van der Waals surface area contributed by atoms with Crippen LogP contribution in [0.3, 0.4) is 0 Å². The number of nitriles is 1. The van der Waals surface area contributed by atoms with Crippen LogP contribution in [-0.2, 0) is 7.05 Å². The van der Waals surface area contributed by atoms with Gasteiger partial charge in [-0.3, -0.25) is 9.48 Å². The van der Waals surface area contributed by atoms with Crippen molar-refractivity contribution in [3.05, 3.63) is 30.0 Å². The summed E-state index contributed by atoms with van der Waals surface area (Å²) in [4.78, 5) is 12.1. The van der Waals surface area contributed by atoms with Crippen LogP contribution in [0, 0.1) is 17.2 Å². The Bertz CT molecular complexity index is 607. The zero-order valence-corrected chi connectivity index (χ0v) is 9.84. The van der Waals surface area contributed by atoms with E-state index in [1.807, 2.05) is 37.3 Å². The number of fused-ring (bicyclic) bond motifs is 1. The largest absolute Gasteiger partial charge is 0.291 e. The topological polar surface area (TPSA) is 58.7 Å². The van der Waals surface area contributed by atoms with Crippen LogP contribution in [0.25, 0.3) is 10.9 Å². The molecule has 0 amide bonds. The van der Waals surface area contributed by atoms with Crippen molar-refractivity contribution >= 4 is 16.7 Å². The molecule has 4 heteroatoms. The third-order valence-electron chi connectivity index (χ3n) is 2.87. The number of ketones is 1. The summed E-state index contributed by atoms with van der Waals surface area (Å²) in [6.45, 7) is 1.83. The lowest BCUT2D eigenvalue weighted by Gasteiger charge is -2.01. The van der Waals surface area contributed by atoms with Crippen LogP contribution in [0.1, 0.15) is 23.8 Å². The van der Waals surface area contributed by atoms with Gasteiger partial charge in [0.05, 0.1) is 11.6 Å². The minimum absolute atomic E-state index is 0.188. The van der Waals surface area contributed by atoms with Gasteiger partial charge >= 0.3 is 0 Å². The van der Waals surface area contributed by atoms with Gasteiger partial charge in [-0.05, 0) is 12.5 Å². The van der Waals surface area contributed by atoms with Gasteiger partial charge in [0, 0.05) is 12.4 Å². The Balaban J connectivity index is 2.57. The third kappa shape index (κ3) is 1.80. The molecule has 0 spiro atoms. The van der Waals surface area contributed by atoms with E-state index in [4.69, 9.17) is 5.26 Å². The van der Waals surface area contributed by atoms with Crippen molar-refractivity contribution < 1.29 is 4.79 Å². The van der Waals surface area contributed by atoms with E-state index in [0.717, 1.165) is 10.9 Å². The minimum Gasteiger partial charge on any atom is -0.291 e. The molecule has 0 aliphatic rings. The fourth-order valence-corrected chi connectivity index (χ4v) is 1.90. The van der Waals surface area contributed by atoms with Gasteiger partial charge in [0.1, 0.15) is 11.6 Å². The van der Waals surface area contributed by atoms with Gasteiger partial charge in [-0.15, -0.1) is 0 Å². The average Bonchev–Trinajstić information content (AvgIpc) is 2.69. The van der Waals surface area contributed by atoms with Crippen LogP contribution in [0.2, 0.25) is 0 Å². The predicted molar refractivity (Wildman–Crippen MR) is 64.4 cm³/mol. The molecular formula is C13H13N3O. The Labute approximate surface area is 99.5 Å². The van der Waals surface area contributed by atoms with Crippen LogP contribution in [0.5, 0.6) is 0 Å². The van der Waals surface area contributed by atoms with Gasteiger partial charge < -0.3 is 0 Å². The molecule has 2 aromatic rings. The van der Waals surface area contributed by atoms with Crippen molar-refractivity contribution in [3.8, 4) is 6.07 Å². The highest BCUT2D eigenvalue weighted by atomic mass is 16.1. The summed E-state index contributed by atoms with van der Waals surface area (Å²) < 4.78 is 1.67. The highest BCUT2D eigenvalue weighted by molar-refractivity contribution is 6.07. The van der Waals surface area contributed by atoms with Crippen molar-refractivity contribution in [2.75, 3.05) is 0 Å². The lowest BCUT2D eigenvalue weighted by Crippen LogP contribution is -2.13. The monoisotopic (exact) mass is 227 g/mol. The number of carbonyl (C=O) groups is 1. The summed E-state index contributed by atoms with van der Waals surface area (Å²) >= 11 is 0. The first-order valence-electron chi connectivity index (χ1n) is 5.54. The maximum absolute atomic E-state index is 12.1. The maximum atomic E-state index is 12.1. The van der Waals surface area contributed by atoms with E-state index in [1.54, 1.807) is 11.7 Å². The van der Waals surface area contributed by atoms with Gasteiger partial charge in [-0.25, -0.2) is 0 Å². The molecule has 17 heavy (non-hydrogen) atoms. The smallest absolute Gasteiger partial charge is 0.200 e. The molecule has 0 bridgehead atoms. The number of carbonyl (C=O) groups excluding carboxylic acids is 1. The second-order valence-electron chi connectivity index (χ2n) is 3.94. The van der Waals surface area contributed by atoms with E-state index in [0.29, 0.717) is 12.1 Å². The fraction of sp³-hybridized carbons (Fsp3) is 0.308. The van der Waals surface area contributed by atoms with E-state index in [2.05, 4.69) is 5.10 Å². The average molecular weight is 227 g/mol. The molecule has 86 valence electrons. The molecule has 0 saturated heterocycles. The molecule has 0 aliphatic carbocycles. The van der Waals surface area contributed by atoms with E-state index in [9.17, 15) is 4.79 Å². The van der Waals surface area contributed by atoms with Crippen LogP contribution < -0.4 is 0 Å². The summed E-state index contributed by atoms with van der Waals surface area (Å²) in [5, 5.41) is 14.0. The molecule has 0 radical (unpaired) electrons. The molecule has 1 aromatic heterocycles. The highest BCUT2D eigenvalue weighted by Crippen LogP contribution is 2.21. The predicted octanol–water partition coefficient (Wildman–Crippen LogP) is 2.31. The summed E-state index contributed by atoms with van der Waals surface area (Å²) in [7, 11) is 1.80. The minimum atomic E-state index is -0.603. The second kappa shape index (κ2) is 4.38. The first kappa shape index (κ1) is 11.3. The molecule has 0 aliphatic heterocycles. The lowest BCUT2D eigenvalue weighted by atomic mass is 9.99. The Kier molecular flexibility index (Phi) is 2.92. The summed E-state index contributed by atoms with van der Waals surface area (Å²) in [6.07, 6.45) is 0.514. The lowest BCUT2D eigenvalue weighted by molar-refractivity contribution is 0.0942. The molecule has 2 rings (SSSR count). The van der Waals surface area contributed by atoms with Gasteiger partial charge in [-0.1, -0.05) is 25.1 Å². The van der Waals surface area contributed by atoms with Crippen molar-refractivity contribution in [1.29, 1.82) is 5.26 Å². The van der Waals surface area contributed by atoms with Crippen molar-refractivity contribution in [3.63, 3.8) is 0 Å². The van der Waals surface area contributed by atoms with E-state index >= 15 is 0 Å². The number of aromatic nitrogens is 2. The molecule has 1 atom stereocenters. The van der Waals surface area contributed by atoms with Crippen LogP contribution >= 0.6 is 0 Å². The Hall–Kier alpha value is -2.15. The first-order valence-corrected chi connectivity index (χ1v) is 5.54. The van der Waals surface area contributed by atoms with E-state index in [-0.39, 0.29) is 5.78 Å². The van der Waals surface area contributed by atoms with Crippen molar-refractivity contribution in [2.45, 2.75) is 13.3 Å². The highest BCUT2D eigenvalue weighted by Gasteiger charge is 2.23. The van der Waals surface area contributed by atoms with Crippen molar-refractivity contribution in [2.24, 2.45) is 13.0 Å². The molecular weight excluding hydrogens is 214 g/mol. The Morgan fingerprint density at radius 1 is 1.53 bits per heavy atom. The summed E-state index contributed by atoms with van der Waals surface area (Å²) in [5.74, 6) is -0.792. The Morgan fingerprint density at radius 3 is 2.88 bits per heavy atom. The van der Waals surface area contributed by atoms with Gasteiger partial charge in [0.2, 0.25) is 5.78 Å². The molecule has 1 aromatic carbocycles. The van der Waals surface area contributed by atoms with E-state index < -0.39 is 5.92 Å².